The molecule has 4 rings (SSSR count). The number of hydrogen-bond acceptors (Lipinski definition) is 4. The second-order valence-corrected chi connectivity index (χ2v) is 11.5. The quantitative estimate of drug-likeness (QED) is 0.630. The first-order chi connectivity index (χ1) is 15.9. The normalized spacial score (nSPS) is 25.1. The maximum atomic E-state index is 15.3. The number of aliphatic hydroxyl groups is 1. The highest BCUT2D eigenvalue weighted by atomic mass is 32.2. The van der Waals surface area contributed by atoms with Crippen molar-refractivity contribution in [1.29, 1.82) is 0 Å². The number of rotatable bonds is 7. The lowest BCUT2D eigenvalue weighted by Gasteiger charge is -2.39. The monoisotopic (exact) mass is 475 g/mol. The van der Waals surface area contributed by atoms with Crippen LogP contribution < -0.4 is 0 Å². The fourth-order valence-corrected chi connectivity index (χ4v) is 7.58. The number of ether oxygens (including phenoxy) is 1. The first-order valence-electron chi connectivity index (χ1n) is 11.9. The van der Waals surface area contributed by atoms with Crippen LogP contribution in [-0.2, 0) is 26.7 Å². The highest BCUT2D eigenvalue weighted by molar-refractivity contribution is 7.89. The van der Waals surface area contributed by atoms with Crippen LogP contribution >= 0.6 is 0 Å². The molecule has 2 unspecified atom stereocenters. The number of nitrogens with zero attached hydrogens (tertiary/aromatic N) is 1. The first-order valence-corrected chi connectivity index (χ1v) is 13.4. The zero-order valence-electron chi connectivity index (χ0n) is 19.2. The SMILES string of the molecule is CC1CCC(c2ccccc2)S(=O)(=O)N1Cc1ccc(C2(CCCO)CCOCC2)cc1F. The van der Waals surface area contributed by atoms with Gasteiger partial charge in [-0.2, -0.15) is 4.31 Å². The Kier molecular flexibility index (Phi) is 7.53. The molecule has 0 bridgehead atoms. The van der Waals surface area contributed by atoms with Gasteiger partial charge in [0.25, 0.3) is 0 Å². The number of aliphatic hydroxyl groups excluding tert-OH is 1. The molecule has 2 atom stereocenters. The smallest absolute Gasteiger partial charge is 0.221 e. The molecule has 0 radical (unpaired) electrons. The first kappa shape index (κ1) is 24.3. The van der Waals surface area contributed by atoms with Gasteiger partial charge in [0.05, 0.1) is 0 Å². The average Bonchev–Trinajstić information content (AvgIpc) is 2.82. The molecule has 7 heteroatoms. The van der Waals surface area contributed by atoms with Crippen LogP contribution in [0.3, 0.4) is 0 Å². The van der Waals surface area contributed by atoms with E-state index in [1.54, 1.807) is 12.1 Å². The third-order valence-corrected chi connectivity index (χ3v) is 9.82. The molecule has 0 spiro atoms. The van der Waals surface area contributed by atoms with Crippen molar-refractivity contribution in [3.63, 3.8) is 0 Å². The van der Waals surface area contributed by atoms with Gasteiger partial charge in [-0.25, -0.2) is 12.8 Å². The minimum atomic E-state index is -3.61. The minimum Gasteiger partial charge on any atom is -0.396 e. The number of sulfonamides is 1. The van der Waals surface area contributed by atoms with Crippen LogP contribution in [0.2, 0.25) is 0 Å². The highest BCUT2D eigenvalue weighted by Crippen LogP contribution is 2.41. The van der Waals surface area contributed by atoms with Crippen molar-refractivity contribution in [1.82, 2.24) is 4.31 Å². The summed E-state index contributed by atoms with van der Waals surface area (Å²) in [7, 11) is -3.61. The molecule has 0 amide bonds. The molecule has 1 N–H and O–H groups in total. The molecule has 0 aliphatic carbocycles. The number of hydrogen-bond donors (Lipinski definition) is 1. The Morgan fingerprint density at radius 1 is 1.12 bits per heavy atom. The Morgan fingerprint density at radius 3 is 2.52 bits per heavy atom. The van der Waals surface area contributed by atoms with Gasteiger partial charge in [-0.1, -0.05) is 42.5 Å². The summed E-state index contributed by atoms with van der Waals surface area (Å²) in [4.78, 5) is 0. The third kappa shape index (κ3) is 5.02. The predicted octanol–water partition coefficient (Wildman–Crippen LogP) is 4.70. The second kappa shape index (κ2) is 10.2. The molecule has 180 valence electrons. The highest BCUT2D eigenvalue weighted by Gasteiger charge is 2.41. The Morgan fingerprint density at radius 2 is 1.85 bits per heavy atom. The van der Waals surface area contributed by atoms with Gasteiger partial charge in [-0.3, -0.25) is 0 Å². The van der Waals surface area contributed by atoms with E-state index < -0.39 is 15.3 Å². The summed E-state index contributed by atoms with van der Waals surface area (Å²) in [6.07, 6.45) is 4.34. The van der Waals surface area contributed by atoms with Gasteiger partial charge < -0.3 is 9.84 Å². The van der Waals surface area contributed by atoms with Gasteiger partial charge in [0.2, 0.25) is 10.0 Å². The Balaban J connectivity index is 1.59. The molecule has 2 saturated heterocycles. The van der Waals surface area contributed by atoms with Crippen molar-refractivity contribution in [3.05, 3.63) is 71.0 Å². The van der Waals surface area contributed by atoms with E-state index >= 15 is 4.39 Å². The van der Waals surface area contributed by atoms with Crippen LogP contribution in [-0.4, -0.2) is 43.7 Å². The van der Waals surface area contributed by atoms with Crippen LogP contribution in [0.5, 0.6) is 0 Å². The van der Waals surface area contributed by atoms with Crippen molar-refractivity contribution in [3.8, 4) is 0 Å². The summed E-state index contributed by atoms with van der Waals surface area (Å²) in [5, 5.41) is 8.75. The van der Waals surface area contributed by atoms with Gasteiger partial charge in [-0.15, -0.1) is 0 Å². The molecule has 0 saturated carbocycles. The van der Waals surface area contributed by atoms with Gasteiger partial charge >= 0.3 is 0 Å². The maximum absolute atomic E-state index is 15.3. The van der Waals surface area contributed by atoms with Gasteiger partial charge in [0, 0.05) is 38.0 Å². The topological polar surface area (TPSA) is 66.8 Å². The van der Waals surface area contributed by atoms with Crippen LogP contribution in [0, 0.1) is 5.82 Å². The summed E-state index contributed by atoms with van der Waals surface area (Å²) >= 11 is 0. The molecule has 5 nitrogen and oxygen atoms in total. The van der Waals surface area contributed by atoms with E-state index in [0.29, 0.717) is 31.6 Å². The van der Waals surface area contributed by atoms with E-state index in [0.717, 1.165) is 36.8 Å². The average molecular weight is 476 g/mol. The molecule has 2 aliphatic rings. The van der Waals surface area contributed by atoms with E-state index in [1.807, 2.05) is 43.3 Å². The standard InChI is InChI=1S/C26H34FNO4S/c1-20-8-11-25(21-6-3-2-4-7-21)33(30,31)28(20)19-22-9-10-23(18-24(22)27)26(12-5-15-29)13-16-32-17-14-26/h2-4,6-7,9-10,18,20,25,29H,5,8,11-17,19H2,1H3. The third-order valence-electron chi connectivity index (χ3n) is 7.45. The Bertz CT molecular complexity index is 1040. The van der Waals surface area contributed by atoms with Crippen LogP contribution in [0.15, 0.2) is 48.5 Å². The van der Waals surface area contributed by atoms with Gasteiger partial charge in [0.15, 0.2) is 0 Å². The largest absolute Gasteiger partial charge is 0.396 e. The molecule has 2 fully saturated rings. The summed E-state index contributed by atoms with van der Waals surface area (Å²) < 4.78 is 49.3. The summed E-state index contributed by atoms with van der Waals surface area (Å²) in [6.45, 7) is 3.29. The van der Waals surface area contributed by atoms with E-state index in [9.17, 15) is 13.5 Å². The Hall–Kier alpha value is -1.80. The molecule has 2 aromatic rings. The van der Waals surface area contributed by atoms with E-state index in [1.165, 1.54) is 4.31 Å². The summed E-state index contributed by atoms with van der Waals surface area (Å²) in [5.41, 5.74) is 1.89. The molecule has 2 heterocycles. The van der Waals surface area contributed by atoms with Crippen LogP contribution in [0.4, 0.5) is 4.39 Å². The zero-order valence-corrected chi connectivity index (χ0v) is 20.1. The predicted molar refractivity (Wildman–Crippen MR) is 127 cm³/mol. The molecule has 2 aliphatic heterocycles. The fourth-order valence-electron chi connectivity index (χ4n) is 5.39. The Labute approximate surface area is 196 Å². The van der Waals surface area contributed by atoms with Crippen molar-refractivity contribution >= 4 is 10.0 Å². The number of halogens is 1. The zero-order chi connectivity index (χ0) is 23.5. The second-order valence-electron chi connectivity index (χ2n) is 9.44. The van der Waals surface area contributed by atoms with Crippen molar-refractivity contribution in [2.75, 3.05) is 19.8 Å². The lowest BCUT2D eigenvalue weighted by Crippen LogP contribution is -2.44. The van der Waals surface area contributed by atoms with E-state index in [-0.39, 0.29) is 30.4 Å². The number of benzene rings is 2. The lowest BCUT2D eigenvalue weighted by molar-refractivity contribution is 0.0440. The van der Waals surface area contributed by atoms with Crippen molar-refractivity contribution < 1.29 is 22.7 Å². The van der Waals surface area contributed by atoms with Gasteiger partial charge in [0.1, 0.15) is 11.1 Å². The maximum Gasteiger partial charge on any atom is 0.221 e. The van der Waals surface area contributed by atoms with Crippen LogP contribution in [0.1, 0.15) is 67.4 Å². The summed E-state index contributed by atoms with van der Waals surface area (Å²) in [6, 6.07) is 14.4. The molecular formula is C26H34FNO4S. The molecule has 33 heavy (non-hydrogen) atoms. The fraction of sp³-hybridized carbons (Fsp3) is 0.538. The molecular weight excluding hydrogens is 441 g/mol. The molecule has 2 aromatic carbocycles. The summed E-state index contributed by atoms with van der Waals surface area (Å²) in [5.74, 6) is -0.369. The van der Waals surface area contributed by atoms with Crippen molar-refractivity contribution in [2.24, 2.45) is 0 Å². The molecule has 0 aromatic heterocycles. The van der Waals surface area contributed by atoms with E-state index in [2.05, 4.69) is 0 Å². The van der Waals surface area contributed by atoms with Gasteiger partial charge in [-0.05, 0) is 68.1 Å². The van der Waals surface area contributed by atoms with E-state index in [4.69, 9.17) is 4.74 Å². The minimum absolute atomic E-state index is 0.0334. The van der Waals surface area contributed by atoms with Crippen LogP contribution in [0.25, 0.3) is 0 Å². The lowest BCUT2D eigenvalue weighted by atomic mass is 9.71. The van der Waals surface area contributed by atoms with Crippen molar-refractivity contribution in [2.45, 2.75) is 68.7 Å².